The first-order valence-corrected chi connectivity index (χ1v) is 6.89. The fourth-order valence-electron chi connectivity index (χ4n) is 1.98. The highest BCUT2D eigenvalue weighted by molar-refractivity contribution is 9.10. The van der Waals surface area contributed by atoms with Gasteiger partial charge in [-0.05, 0) is 30.7 Å². The summed E-state index contributed by atoms with van der Waals surface area (Å²) in [5, 5.41) is 4.04. The summed E-state index contributed by atoms with van der Waals surface area (Å²) in [7, 11) is 0. The zero-order valence-corrected chi connectivity index (χ0v) is 12.4. The molecule has 0 radical (unpaired) electrons. The maximum Gasteiger partial charge on any atom is 0.260 e. The van der Waals surface area contributed by atoms with Gasteiger partial charge in [-0.3, -0.25) is 0 Å². The van der Waals surface area contributed by atoms with Gasteiger partial charge < -0.3 is 10.3 Å². The summed E-state index contributed by atoms with van der Waals surface area (Å²) < 4.78 is 6.25. The molecule has 1 heterocycles. The number of rotatable bonds is 2. The van der Waals surface area contributed by atoms with Crippen molar-refractivity contribution in [3.63, 3.8) is 0 Å². The van der Waals surface area contributed by atoms with Crippen LogP contribution in [0.4, 0.5) is 5.69 Å². The van der Waals surface area contributed by atoms with Gasteiger partial charge in [-0.2, -0.15) is 4.98 Å². The molecular weight excluding hydrogens is 318 g/mol. The van der Waals surface area contributed by atoms with Crippen molar-refractivity contribution in [1.29, 1.82) is 0 Å². The van der Waals surface area contributed by atoms with Crippen LogP contribution in [0.2, 0.25) is 0 Å². The monoisotopic (exact) mass is 329 g/mol. The molecule has 0 aliphatic rings. The second-order valence-corrected chi connectivity index (χ2v) is 5.39. The molecule has 0 fully saturated rings. The van der Waals surface area contributed by atoms with Crippen molar-refractivity contribution < 1.29 is 4.52 Å². The lowest BCUT2D eigenvalue weighted by molar-refractivity contribution is 0.432. The zero-order chi connectivity index (χ0) is 14.1. The molecule has 3 aromatic rings. The number of nitrogen functional groups attached to an aromatic ring is 1. The van der Waals surface area contributed by atoms with E-state index < -0.39 is 0 Å². The van der Waals surface area contributed by atoms with E-state index in [2.05, 4.69) is 26.1 Å². The SMILES string of the molecule is Cc1ccccc1-c1noc(-c2cc(Br)ccc2N)n1. The molecular formula is C15H12BrN3O. The average molecular weight is 330 g/mol. The quantitative estimate of drug-likeness (QED) is 0.720. The van der Waals surface area contributed by atoms with E-state index in [1.807, 2.05) is 43.3 Å². The first-order chi connectivity index (χ1) is 9.65. The molecule has 0 aliphatic heterocycles. The fraction of sp³-hybridized carbons (Fsp3) is 0.0667. The lowest BCUT2D eigenvalue weighted by atomic mass is 10.1. The topological polar surface area (TPSA) is 64.9 Å². The van der Waals surface area contributed by atoms with Gasteiger partial charge in [-0.15, -0.1) is 0 Å². The first kappa shape index (κ1) is 12.9. The third-order valence-electron chi connectivity index (χ3n) is 3.06. The Hall–Kier alpha value is -2.14. The van der Waals surface area contributed by atoms with Crippen LogP contribution >= 0.6 is 15.9 Å². The smallest absolute Gasteiger partial charge is 0.260 e. The van der Waals surface area contributed by atoms with Crippen LogP contribution in [-0.4, -0.2) is 10.1 Å². The maximum absolute atomic E-state index is 5.95. The molecule has 0 bridgehead atoms. The minimum Gasteiger partial charge on any atom is -0.398 e. The predicted octanol–water partition coefficient (Wildman–Crippen LogP) is 4.06. The predicted molar refractivity (Wildman–Crippen MR) is 82.0 cm³/mol. The first-order valence-electron chi connectivity index (χ1n) is 6.10. The van der Waals surface area contributed by atoms with Crippen molar-refractivity contribution in [1.82, 2.24) is 10.1 Å². The molecule has 0 aliphatic carbocycles. The van der Waals surface area contributed by atoms with Gasteiger partial charge in [0.2, 0.25) is 5.82 Å². The van der Waals surface area contributed by atoms with Gasteiger partial charge in [0, 0.05) is 15.7 Å². The molecule has 0 saturated carbocycles. The van der Waals surface area contributed by atoms with E-state index in [1.54, 1.807) is 6.07 Å². The number of aryl methyl sites for hydroxylation is 1. The van der Waals surface area contributed by atoms with Crippen molar-refractivity contribution in [3.05, 3.63) is 52.5 Å². The summed E-state index contributed by atoms with van der Waals surface area (Å²) in [6.45, 7) is 2.01. The second kappa shape index (κ2) is 5.09. The van der Waals surface area contributed by atoms with Crippen LogP contribution in [0.1, 0.15) is 5.56 Å². The van der Waals surface area contributed by atoms with Crippen LogP contribution < -0.4 is 5.73 Å². The number of anilines is 1. The molecule has 0 atom stereocenters. The number of aromatic nitrogens is 2. The van der Waals surface area contributed by atoms with E-state index in [-0.39, 0.29) is 0 Å². The summed E-state index contributed by atoms with van der Waals surface area (Å²) in [6, 6.07) is 13.4. The molecule has 0 amide bonds. The van der Waals surface area contributed by atoms with Crippen LogP contribution in [-0.2, 0) is 0 Å². The highest BCUT2D eigenvalue weighted by Gasteiger charge is 2.14. The van der Waals surface area contributed by atoms with E-state index in [9.17, 15) is 0 Å². The maximum atomic E-state index is 5.95. The molecule has 0 unspecified atom stereocenters. The number of hydrogen-bond acceptors (Lipinski definition) is 4. The van der Waals surface area contributed by atoms with Gasteiger partial charge in [0.15, 0.2) is 0 Å². The Morgan fingerprint density at radius 3 is 2.70 bits per heavy atom. The van der Waals surface area contributed by atoms with E-state index in [0.717, 1.165) is 21.2 Å². The highest BCUT2D eigenvalue weighted by Crippen LogP contribution is 2.30. The largest absolute Gasteiger partial charge is 0.398 e. The highest BCUT2D eigenvalue weighted by atomic mass is 79.9. The van der Waals surface area contributed by atoms with Gasteiger partial charge in [-0.25, -0.2) is 0 Å². The Balaban J connectivity index is 2.07. The molecule has 100 valence electrons. The Bertz CT molecular complexity index is 767. The fourth-order valence-corrected chi connectivity index (χ4v) is 2.34. The van der Waals surface area contributed by atoms with Gasteiger partial charge in [-0.1, -0.05) is 45.4 Å². The zero-order valence-electron chi connectivity index (χ0n) is 10.8. The summed E-state index contributed by atoms with van der Waals surface area (Å²) in [5.41, 5.74) is 9.34. The van der Waals surface area contributed by atoms with Crippen LogP contribution in [0, 0.1) is 6.92 Å². The summed E-state index contributed by atoms with van der Waals surface area (Å²) in [5.74, 6) is 0.986. The van der Waals surface area contributed by atoms with Crippen LogP contribution in [0.25, 0.3) is 22.8 Å². The van der Waals surface area contributed by atoms with E-state index in [4.69, 9.17) is 10.3 Å². The van der Waals surface area contributed by atoms with Gasteiger partial charge in [0.1, 0.15) is 0 Å². The van der Waals surface area contributed by atoms with Crippen molar-refractivity contribution in [2.45, 2.75) is 6.92 Å². The average Bonchev–Trinajstić information content (AvgIpc) is 2.91. The number of halogens is 1. The van der Waals surface area contributed by atoms with E-state index >= 15 is 0 Å². The third kappa shape index (κ3) is 2.32. The van der Waals surface area contributed by atoms with E-state index in [1.165, 1.54) is 0 Å². The van der Waals surface area contributed by atoms with Gasteiger partial charge in [0.25, 0.3) is 5.89 Å². The Morgan fingerprint density at radius 1 is 1.10 bits per heavy atom. The third-order valence-corrected chi connectivity index (χ3v) is 3.55. The molecule has 0 saturated heterocycles. The molecule has 0 spiro atoms. The number of benzene rings is 2. The molecule has 20 heavy (non-hydrogen) atoms. The van der Waals surface area contributed by atoms with Crippen LogP contribution in [0.15, 0.2) is 51.5 Å². The molecule has 3 rings (SSSR count). The van der Waals surface area contributed by atoms with Crippen LogP contribution in [0.5, 0.6) is 0 Å². The normalized spacial score (nSPS) is 10.7. The van der Waals surface area contributed by atoms with Crippen molar-refractivity contribution in [2.75, 3.05) is 5.73 Å². The number of nitrogens with zero attached hydrogens (tertiary/aromatic N) is 2. The minimum atomic E-state index is 0.419. The Kier molecular flexibility index (Phi) is 3.28. The second-order valence-electron chi connectivity index (χ2n) is 4.47. The van der Waals surface area contributed by atoms with Crippen LogP contribution in [0.3, 0.4) is 0 Å². The summed E-state index contributed by atoms with van der Waals surface area (Å²) in [4.78, 5) is 4.43. The van der Waals surface area contributed by atoms with Gasteiger partial charge >= 0.3 is 0 Å². The number of hydrogen-bond donors (Lipinski definition) is 1. The molecule has 2 N–H and O–H groups in total. The minimum absolute atomic E-state index is 0.419. The summed E-state index contributed by atoms with van der Waals surface area (Å²) in [6.07, 6.45) is 0. The lowest BCUT2D eigenvalue weighted by Crippen LogP contribution is -1.90. The summed E-state index contributed by atoms with van der Waals surface area (Å²) >= 11 is 3.41. The van der Waals surface area contributed by atoms with Crippen molar-refractivity contribution in [3.8, 4) is 22.8 Å². The number of nitrogens with two attached hydrogens (primary N) is 1. The van der Waals surface area contributed by atoms with Gasteiger partial charge in [0.05, 0.1) is 5.56 Å². The Morgan fingerprint density at radius 2 is 1.90 bits per heavy atom. The molecule has 4 nitrogen and oxygen atoms in total. The Labute approximate surface area is 124 Å². The standard InChI is InChI=1S/C15H12BrN3O/c1-9-4-2-3-5-11(9)14-18-15(20-19-14)12-8-10(16)6-7-13(12)17/h2-8H,17H2,1H3. The molecule has 1 aromatic heterocycles. The molecule has 2 aromatic carbocycles. The van der Waals surface area contributed by atoms with E-state index in [0.29, 0.717) is 17.4 Å². The lowest BCUT2D eigenvalue weighted by Gasteiger charge is -2.00. The van der Waals surface area contributed by atoms with Crippen molar-refractivity contribution >= 4 is 21.6 Å². The van der Waals surface area contributed by atoms with Crippen molar-refractivity contribution in [2.24, 2.45) is 0 Å². The molecule has 5 heteroatoms.